The van der Waals surface area contributed by atoms with Crippen molar-refractivity contribution in [1.82, 2.24) is 19.9 Å². The molecule has 13 heteroatoms. The van der Waals surface area contributed by atoms with Crippen molar-refractivity contribution in [2.45, 2.75) is 70.5 Å². The predicted octanol–water partition coefficient (Wildman–Crippen LogP) is 1.18. The molecular formula is C24H39N5O8. The van der Waals surface area contributed by atoms with E-state index >= 15 is 0 Å². The van der Waals surface area contributed by atoms with E-state index in [1.165, 1.54) is 25.7 Å². The van der Waals surface area contributed by atoms with E-state index < -0.39 is 30.1 Å². The lowest BCUT2D eigenvalue weighted by Gasteiger charge is -2.14. The van der Waals surface area contributed by atoms with Crippen LogP contribution in [0.4, 0.5) is 10.7 Å². The third-order valence-corrected chi connectivity index (χ3v) is 6.11. The van der Waals surface area contributed by atoms with Gasteiger partial charge in [-0.1, -0.05) is 32.6 Å². The Labute approximate surface area is 215 Å². The molecule has 37 heavy (non-hydrogen) atoms. The van der Waals surface area contributed by atoms with Gasteiger partial charge in [0.2, 0.25) is 5.95 Å². The fourth-order valence-corrected chi connectivity index (χ4v) is 4.18. The molecule has 3 atom stereocenters. The van der Waals surface area contributed by atoms with Crippen LogP contribution < -0.4 is 16.6 Å². The van der Waals surface area contributed by atoms with Crippen molar-refractivity contribution in [2.75, 3.05) is 45.3 Å². The number of unbranched alkanes of at least 4 members (excludes halogenated alkanes) is 4. The van der Waals surface area contributed by atoms with Gasteiger partial charge in [0.15, 0.2) is 5.65 Å². The monoisotopic (exact) mass is 525 g/mol. The summed E-state index contributed by atoms with van der Waals surface area (Å²) in [7, 11) is 0. The lowest BCUT2D eigenvalue weighted by Crippen LogP contribution is -2.28. The van der Waals surface area contributed by atoms with Gasteiger partial charge in [0.25, 0.3) is 5.56 Å². The normalized spacial score (nSPS) is 19.5. The molecule has 1 amide bonds. The standard InChI is InChI=1S/C24H39N5O8/c1-2-3-4-5-6-8-34-10-11-35-9-7-26-24(33)36-15-16-13-29(19-12-17(31)18(14-30)37-19)21-20(16)22(32)28-23(25)27-21/h13,17-19,30-31H,2-12,14-15H2,1H3,(H,26,33)(H3,25,27,28,32)/t17-,18-,19-/m1/s1. The molecule has 1 saturated heterocycles. The van der Waals surface area contributed by atoms with Crippen molar-refractivity contribution >= 4 is 23.1 Å². The minimum Gasteiger partial charge on any atom is -0.445 e. The first-order valence-corrected chi connectivity index (χ1v) is 12.8. The minimum absolute atomic E-state index is 0.0864. The van der Waals surface area contributed by atoms with E-state index in [0.29, 0.717) is 25.4 Å². The molecule has 1 aliphatic rings. The average Bonchev–Trinajstić information content (AvgIpc) is 3.43. The van der Waals surface area contributed by atoms with Crippen molar-refractivity contribution in [2.24, 2.45) is 0 Å². The fourth-order valence-electron chi connectivity index (χ4n) is 4.18. The largest absolute Gasteiger partial charge is 0.445 e. The Balaban J connectivity index is 1.42. The number of aliphatic hydroxyl groups excluding tert-OH is 2. The number of carbonyl (C=O) groups is 1. The number of nitrogens with zero attached hydrogens (tertiary/aromatic N) is 2. The number of amides is 1. The maximum absolute atomic E-state index is 12.6. The van der Waals surface area contributed by atoms with Crippen LogP contribution in [0.1, 0.15) is 57.2 Å². The number of ether oxygens (including phenoxy) is 4. The fraction of sp³-hybridized carbons (Fsp3) is 0.708. The number of H-pyrrole nitrogens is 1. The van der Waals surface area contributed by atoms with Crippen LogP contribution in [0.25, 0.3) is 11.0 Å². The summed E-state index contributed by atoms with van der Waals surface area (Å²) in [5.41, 5.74) is 5.85. The molecule has 2 aromatic rings. The average molecular weight is 526 g/mol. The Bertz CT molecular complexity index is 1040. The van der Waals surface area contributed by atoms with E-state index in [2.05, 4.69) is 22.2 Å². The predicted molar refractivity (Wildman–Crippen MR) is 135 cm³/mol. The van der Waals surface area contributed by atoms with Gasteiger partial charge in [-0.15, -0.1) is 0 Å². The topological polar surface area (TPSA) is 183 Å². The van der Waals surface area contributed by atoms with E-state index in [4.69, 9.17) is 24.7 Å². The van der Waals surface area contributed by atoms with E-state index in [1.807, 2.05) is 0 Å². The summed E-state index contributed by atoms with van der Waals surface area (Å²) < 4.78 is 23.5. The molecule has 1 aliphatic heterocycles. The first-order chi connectivity index (χ1) is 17.9. The molecule has 3 rings (SSSR count). The van der Waals surface area contributed by atoms with Crippen LogP contribution >= 0.6 is 0 Å². The van der Waals surface area contributed by atoms with Gasteiger partial charge in [-0.25, -0.2) is 4.79 Å². The number of nitrogens with one attached hydrogen (secondary N) is 2. The van der Waals surface area contributed by atoms with Crippen LogP contribution in [0.15, 0.2) is 11.0 Å². The number of hydrogen-bond donors (Lipinski definition) is 5. The Morgan fingerprint density at radius 1 is 1.24 bits per heavy atom. The zero-order valence-electron chi connectivity index (χ0n) is 21.3. The number of fused-ring (bicyclic) bond motifs is 1. The lowest BCUT2D eigenvalue weighted by molar-refractivity contribution is -0.0431. The minimum atomic E-state index is -0.874. The molecule has 0 aliphatic carbocycles. The van der Waals surface area contributed by atoms with Gasteiger partial charge < -0.3 is 44.8 Å². The van der Waals surface area contributed by atoms with Gasteiger partial charge in [0, 0.05) is 31.3 Å². The number of rotatable bonds is 16. The molecule has 13 nitrogen and oxygen atoms in total. The van der Waals surface area contributed by atoms with Crippen molar-refractivity contribution in [3.8, 4) is 0 Å². The number of hydrogen-bond acceptors (Lipinski definition) is 10. The maximum Gasteiger partial charge on any atom is 0.407 e. The summed E-state index contributed by atoms with van der Waals surface area (Å²) in [5.74, 6) is -0.0864. The van der Waals surface area contributed by atoms with Crippen LogP contribution in [0.3, 0.4) is 0 Å². The second-order valence-corrected chi connectivity index (χ2v) is 8.97. The number of carbonyl (C=O) groups excluding carboxylic acids is 1. The first-order valence-electron chi connectivity index (χ1n) is 12.8. The van der Waals surface area contributed by atoms with Crippen LogP contribution in [0, 0.1) is 0 Å². The summed E-state index contributed by atoms with van der Waals surface area (Å²) >= 11 is 0. The van der Waals surface area contributed by atoms with E-state index in [9.17, 15) is 19.8 Å². The number of aromatic amines is 1. The molecule has 6 N–H and O–H groups in total. The molecule has 1 fully saturated rings. The molecular weight excluding hydrogens is 486 g/mol. The van der Waals surface area contributed by atoms with Crippen LogP contribution in [0.5, 0.6) is 0 Å². The van der Waals surface area contributed by atoms with Gasteiger partial charge >= 0.3 is 6.09 Å². The van der Waals surface area contributed by atoms with Crippen LogP contribution in [0.2, 0.25) is 0 Å². The second-order valence-electron chi connectivity index (χ2n) is 8.97. The van der Waals surface area contributed by atoms with Crippen LogP contribution in [-0.2, 0) is 25.6 Å². The smallest absolute Gasteiger partial charge is 0.407 e. The summed E-state index contributed by atoms with van der Waals surface area (Å²) in [6.45, 7) is 3.89. The van der Waals surface area contributed by atoms with Crippen LogP contribution in [-0.4, -0.2) is 82.6 Å². The molecule has 2 aromatic heterocycles. The van der Waals surface area contributed by atoms with Crippen molar-refractivity contribution in [1.29, 1.82) is 0 Å². The van der Waals surface area contributed by atoms with E-state index in [-0.39, 0.29) is 43.2 Å². The number of aliphatic hydroxyl groups is 2. The van der Waals surface area contributed by atoms with Gasteiger partial charge in [0.05, 0.1) is 37.9 Å². The molecule has 0 unspecified atom stereocenters. The quantitative estimate of drug-likeness (QED) is 0.199. The molecule has 0 spiro atoms. The Morgan fingerprint density at radius 2 is 2.00 bits per heavy atom. The summed E-state index contributed by atoms with van der Waals surface area (Å²) in [4.78, 5) is 31.3. The maximum atomic E-state index is 12.6. The molecule has 0 aromatic carbocycles. The summed E-state index contributed by atoms with van der Waals surface area (Å²) in [6.07, 6.45) is 4.76. The van der Waals surface area contributed by atoms with Gasteiger partial charge in [-0.2, -0.15) is 4.98 Å². The highest BCUT2D eigenvalue weighted by atomic mass is 16.6. The van der Waals surface area contributed by atoms with E-state index in [0.717, 1.165) is 13.0 Å². The third-order valence-electron chi connectivity index (χ3n) is 6.11. The molecule has 208 valence electrons. The molecule has 0 bridgehead atoms. The molecule has 0 radical (unpaired) electrons. The number of aromatic nitrogens is 3. The van der Waals surface area contributed by atoms with Crippen molar-refractivity contribution in [3.05, 3.63) is 22.1 Å². The first kappa shape index (κ1) is 28.9. The van der Waals surface area contributed by atoms with Gasteiger partial charge in [-0.3, -0.25) is 9.78 Å². The number of nitrogens with two attached hydrogens (primary N) is 1. The molecule has 3 heterocycles. The van der Waals surface area contributed by atoms with E-state index in [1.54, 1.807) is 10.8 Å². The number of alkyl carbamates (subject to hydrolysis) is 1. The Kier molecular flexibility index (Phi) is 11.6. The number of anilines is 1. The SMILES string of the molecule is CCCCCCCOCCOCCNC(=O)OCc1cn([C@H]2C[C@@H](O)[C@@H](CO)O2)c2nc(N)[nH]c(=O)c12. The zero-order valence-corrected chi connectivity index (χ0v) is 21.3. The summed E-state index contributed by atoms with van der Waals surface area (Å²) in [6, 6.07) is 0. The van der Waals surface area contributed by atoms with Gasteiger partial charge in [0.1, 0.15) is 18.9 Å². The van der Waals surface area contributed by atoms with Gasteiger partial charge in [-0.05, 0) is 6.42 Å². The summed E-state index contributed by atoms with van der Waals surface area (Å²) in [5, 5.41) is 22.3. The van der Waals surface area contributed by atoms with Crippen molar-refractivity contribution < 1.29 is 34.0 Å². The zero-order chi connectivity index (χ0) is 26.6. The third kappa shape index (κ3) is 8.40. The lowest BCUT2D eigenvalue weighted by atomic mass is 10.2. The Morgan fingerprint density at radius 3 is 2.73 bits per heavy atom. The molecule has 0 saturated carbocycles. The Hall–Kier alpha value is -2.71. The van der Waals surface area contributed by atoms with Crippen molar-refractivity contribution in [3.63, 3.8) is 0 Å². The number of nitrogen functional groups attached to an aromatic ring is 1. The highest BCUT2D eigenvalue weighted by molar-refractivity contribution is 5.80. The highest BCUT2D eigenvalue weighted by Crippen LogP contribution is 2.32. The second kappa shape index (κ2) is 14.9. The highest BCUT2D eigenvalue weighted by Gasteiger charge is 2.35.